The molecule has 8 nitrogen and oxygen atoms in total. The smallest absolute Gasteiger partial charge is 0.260 e. The van der Waals surface area contributed by atoms with Gasteiger partial charge < -0.3 is 29.1 Å². The second kappa shape index (κ2) is 9.68. The largest absolute Gasteiger partial charge is 0.504 e. The standard InChI is InChI=1S/C21H24N2O6/c1-27-18-8-4-5-9-19(18)29-15-21(26)23-12-10-22(11-13-23)20(25)14-28-17-7-3-2-6-16(17)24/h2-9,24H,10-15H2,1H3. The number of phenolic OH excluding ortho intramolecular Hbond substituents is 1. The van der Waals surface area contributed by atoms with Gasteiger partial charge in [-0.2, -0.15) is 0 Å². The van der Waals surface area contributed by atoms with Crippen LogP contribution in [0.1, 0.15) is 0 Å². The van der Waals surface area contributed by atoms with Crippen molar-refractivity contribution < 1.29 is 28.9 Å². The zero-order valence-corrected chi connectivity index (χ0v) is 16.2. The zero-order valence-electron chi connectivity index (χ0n) is 16.2. The van der Waals surface area contributed by atoms with Gasteiger partial charge in [-0.1, -0.05) is 24.3 Å². The Bertz CT molecular complexity index is 849. The molecule has 1 N–H and O–H groups in total. The lowest BCUT2D eigenvalue weighted by atomic mass is 10.3. The highest BCUT2D eigenvalue weighted by atomic mass is 16.5. The molecule has 1 heterocycles. The minimum atomic E-state index is -0.189. The van der Waals surface area contributed by atoms with E-state index in [1.807, 2.05) is 12.1 Å². The van der Waals surface area contributed by atoms with E-state index in [0.717, 1.165) is 0 Å². The molecular weight excluding hydrogens is 376 g/mol. The predicted octanol–water partition coefficient (Wildman–Crippen LogP) is 1.53. The molecule has 2 aromatic rings. The number of benzene rings is 2. The van der Waals surface area contributed by atoms with E-state index in [4.69, 9.17) is 14.2 Å². The Hall–Kier alpha value is -3.42. The minimum absolute atomic E-state index is 0.00855. The fraction of sp³-hybridized carbons (Fsp3) is 0.333. The van der Waals surface area contributed by atoms with Gasteiger partial charge >= 0.3 is 0 Å². The van der Waals surface area contributed by atoms with Crippen LogP contribution in [0.2, 0.25) is 0 Å². The van der Waals surface area contributed by atoms with Crippen molar-refractivity contribution in [1.29, 1.82) is 0 Å². The highest BCUT2D eigenvalue weighted by Crippen LogP contribution is 2.26. The molecule has 0 bridgehead atoms. The quantitative estimate of drug-likeness (QED) is 0.758. The molecule has 1 fully saturated rings. The Morgan fingerprint density at radius 2 is 1.24 bits per heavy atom. The number of nitrogens with zero attached hydrogens (tertiary/aromatic N) is 2. The van der Waals surface area contributed by atoms with Gasteiger partial charge in [0.15, 0.2) is 36.2 Å². The summed E-state index contributed by atoms with van der Waals surface area (Å²) in [5.41, 5.74) is 0. The summed E-state index contributed by atoms with van der Waals surface area (Å²) in [6.45, 7) is 1.44. The van der Waals surface area contributed by atoms with Gasteiger partial charge in [-0.05, 0) is 24.3 Å². The summed E-state index contributed by atoms with van der Waals surface area (Å²) in [7, 11) is 1.54. The molecule has 0 aliphatic carbocycles. The van der Waals surface area contributed by atoms with Gasteiger partial charge in [0.2, 0.25) is 0 Å². The first kappa shape index (κ1) is 20.3. The molecule has 154 valence electrons. The average molecular weight is 400 g/mol. The summed E-state index contributed by atoms with van der Waals surface area (Å²) in [4.78, 5) is 28.0. The normalized spacial score (nSPS) is 13.7. The number of para-hydroxylation sites is 4. The number of amides is 2. The molecule has 0 saturated carbocycles. The van der Waals surface area contributed by atoms with Gasteiger partial charge in [0.1, 0.15) is 0 Å². The van der Waals surface area contributed by atoms with E-state index in [2.05, 4.69) is 0 Å². The molecule has 0 spiro atoms. The third kappa shape index (κ3) is 5.31. The Balaban J connectivity index is 1.43. The van der Waals surface area contributed by atoms with Gasteiger partial charge in [-0.25, -0.2) is 0 Å². The van der Waals surface area contributed by atoms with Crippen LogP contribution in [-0.2, 0) is 9.59 Å². The fourth-order valence-electron chi connectivity index (χ4n) is 2.98. The number of hydrogen-bond acceptors (Lipinski definition) is 6. The number of carbonyl (C=O) groups is 2. The van der Waals surface area contributed by atoms with Crippen LogP contribution in [-0.4, -0.2) is 73.2 Å². The Kier molecular flexibility index (Phi) is 6.78. The number of piperazine rings is 1. The summed E-state index contributed by atoms with van der Waals surface area (Å²) in [5, 5.41) is 9.68. The first-order valence-electron chi connectivity index (χ1n) is 9.30. The molecule has 29 heavy (non-hydrogen) atoms. The lowest BCUT2D eigenvalue weighted by Crippen LogP contribution is -2.52. The molecule has 0 radical (unpaired) electrons. The Morgan fingerprint density at radius 3 is 1.76 bits per heavy atom. The first-order valence-corrected chi connectivity index (χ1v) is 9.30. The number of aromatic hydroxyl groups is 1. The van der Waals surface area contributed by atoms with Crippen LogP contribution in [0.3, 0.4) is 0 Å². The molecular formula is C21H24N2O6. The van der Waals surface area contributed by atoms with Crippen LogP contribution in [0.15, 0.2) is 48.5 Å². The Labute approximate surface area is 169 Å². The Morgan fingerprint density at radius 1 is 0.793 bits per heavy atom. The van der Waals surface area contributed by atoms with Gasteiger partial charge in [0.25, 0.3) is 11.8 Å². The van der Waals surface area contributed by atoms with Crippen molar-refractivity contribution in [2.75, 3.05) is 46.5 Å². The number of carbonyl (C=O) groups excluding carboxylic acids is 2. The predicted molar refractivity (Wildman–Crippen MR) is 105 cm³/mol. The van der Waals surface area contributed by atoms with Gasteiger partial charge in [-0.15, -0.1) is 0 Å². The molecule has 1 saturated heterocycles. The van der Waals surface area contributed by atoms with E-state index in [9.17, 15) is 14.7 Å². The van der Waals surface area contributed by atoms with E-state index < -0.39 is 0 Å². The fourth-order valence-corrected chi connectivity index (χ4v) is 2.98. The van der Waals surface area contributed by atoms with Crippen molar-refractivity contribution in [3.63, 3.8) is 0 Å². The number of hydrogen-bond donors (Lipinski definition) is 1. The summed E-state index contributed by atoms with van der Waals surface area (Å²) in [6.07, 6.45) is 0. The molecule has 0 atom stereocenters. The molecule has 1 aliphatic rings. The summed E-state index contributed by atoms with van der Waals surface area (Å²) >= 11 is 0. The lowest BCUT2D eigenvalue weighted by molar-refractivity contribution is -0.141. The van der Waals surface area contributed by atoms with Crippen LogP contribution < -0.4 is 14.2 Å². The zero-order chi connectivity index (χ0) is 20.6. The summed E-state index contributed by atoms with van der Waals surface area (Å²) < 4.78 is 16.2. The number of rotatable bonds is 7. The maximum Gasteiger partial charge on any atom is 0.260 e. The molecule has 3 rings (SSSR count). The van der Waals surface area contributed by atoms with Gasteiger partial charge in [-0.3, -0.25) is 9.59 Å². The van der Waals surface area contributed by atoms with E-state index in [-0.39, 0.29) is 36.5 Å². The van der Waals surface area contributed by atoms with Crippen molar-refractivity contribution in [2.45, 2.75) is 0 Å². The van der Waals surface area contributed by atoms with Crippen molar-refractivity contribution >= 4 is 11.8 Å². The van der Waals surface area contributed by atoms with Crippen LogP contribution in [0, 0.1) is 0 Å². The minimum Gasteiger partial charge on any atom is -0.504 e. The maximum atomic E-state index is 12.4. The van der Waals surface area contributed by atoms with Crippen molar-refractivity contribution in [1.82, 2.24) is 9.80 Å². The number of methoxy groups -OCH3 is 1. The second-order valence-corrected chi connectivity index (χ2v) is 6.46. The number of ether oxygens (including phenoxy) is 3. The third-order valence-corrected chi connectivity index (χ3v) is 4.62. The molecule has 8 heteroatoms. The monoisotopic (exact) mass is 400 g/mol. The van der Waals surface area contributed by atoms with Crippen LogP contribution in [0.25, 0.3) is 0 Å². The van der Waals surface area contributed by atoms with E-state index >= 15 is 0 Å². The topological polar surface area (TPSA) is 88.5 Å². The van der Waals surface area contributed by atoms with E-state index in [1.54, 1.807) is 47.2 Å². The maximum absolute atomic E-state index is 12.4. The average Bonchev–Trinajstić information content (AvgIpc) is 2.77. The van der Waals surface area contributed by atoms with E-state index in [0.29, 0.717) is 37.7 Å². The van der Waals surface area contributed by atoms with Crippen LogP contribution in [0.4, 0.5) is 0 Å². The molecule has 0 aromatic heterocycles. The molecule has 1 aliphatic heterocycles. The molecule has 0 unspecified atom stereocenters. The number of phenols is 1. The SMILES string of the molecule is COc1ccccc1OCC(=O)N1CCN(C(=O)COc2ccccc2O)CC1. The van der Waals surface area contributed by atoms with E-state index in [1.165, 1.54) is 6.07 Å². The van der Waals surface area contributed by atoms with Crippen molar-refractivity contribution in [3.8, 4) is 23.0 Å². The molecule has 2 amide bonds. The summed E-state index contributed by atoms with van der Waals surface area (Å²) in [6, 6.07) is 13.6. The van der Waals surface area contributed by atoms with Gasteiger partial charge in [0, 0.05) is 26.2 Å². The molecule has 2 aromatic carbocycles. The van der Waals surface area contributed by atoms with Crippen molar-refractivity contribution in [3.05, 3.63) is 48.5 Å². The van der Waals surface area contributed by atoms with Gasteiger partial charge in [0.05, 0.1) is 7.11 Å². The third-order valence-electron chi connectivity index (χ3n) is 4.62. The van der Waals surface area contributed by atoms with Crippen LogP contribution >= 0.6 is 0 Å². The highest BCUT2D eigenvalue weighted by Gasteiger charge is 2.25. The second-order valence-electron chi connectivity index (χ2n) is 6.46. The first-order chi connectivity index (χ1) is 14.1. The van der Waals surface area contributed by atoms with Crippen molar-refractivity contribution in [2.24, 2.45) is 0 Å². The van der Waals surface area contributed by atoms with Crippen LogP contribution in [0.5, 0.6) is 23.0 Å². The lowest BCUT2D eigenvalue weighted by Gasteiger charge is -2.34. The summed E-state index contributed by atoms with van der Waals surface area (Å²) in [5.74, 6) is 1.01. The highest BCUT2D eigenvalue weighted by molar-refractivity contribution is 5.80.